The van der Waals surface area contributed by atoms with Crippen LogP contribution in [0.4, 0.5) is 5.69 Å². The minimum atomic E-state index is -1.26. The molecule has 0 aromatic heterocycles. The highest BCUT2D eigenvalue weighted by atomic mass is 35.5. The number of hydrogen-bond acceptors (Lipinski definition) is 6. The minimum absolute atomic E-state index is 0.00490. The van der Waals surface area contributed by atoms with Crippen molar-refractivity contribution in [1.29, 1.82) is 0 Å². The second kappa shape index (κ2) is 11.0. The molecule has 39 heavy (non-hydrogen) atoms. The molecule has 2 amide bonds. The molecule has 0 radical (unpaired) electrons. The van der Waals surface area contributed by atoms with E-state index in [1.54, 1.807) is 54.6 Å². The maximum Gasteiger partial charge on any atom is 0.312 e. The fraction of sp³-hybridized carbons (Fsp3) is 0.367. The fourth-order valence-corrected chi connectivity index (χ4v) is 6.73. The summed E-state index contributed by atoms with van der Waals surface area (Å²) in [7, 11) is 0. The number of carbonyl (C=O) groups is 3. The van der Waals surface area contributed by atoms with Crippen molar-refractivity contribution in [3.05, 3.63) is 90.5 Å². The number of nitrogens with zero attached hydrogens (tertiary/aromatic N) is 2. The average Bonchev–Trinajstić information content (AvgIpc) is 3.59. The molecule has 3 aliphatic heterocycles. The third-order valence-corrected chi connectivity index (χ3v) is 8.32. The molecule has 9 heteroatoms. The highest BCUT2D eigenvalue weighted by Crippen LogP contribution is 2.60. The summed E-state index contributed by atoms with van der Waals surface area (Å²) < 4.78 is 11.9. The van der Waals surface area contributed by atoms with Crippen LogP contribution in [0, 0.1) is 11.8 Å². The van der Waals surface area contributed by atoms with Gasteiger partial charge in [0.25, 0.3) is 5.91 Å². The van der Waals surface area contributed by atoms with E-state index in [9.17, 15) is 19.5 Å². The topological polar surface area (TPSA) is 96.4 Å². The van der Waals surface area contributed by atoms with E-state index < -0.39 is 60.0 Å². The molecule has 1 N–H and O–H groups in total. The molecular formula is C30H31ClN2O6. The first-order chi connectivity index (χ1) is 18.9. The van der Waals surface area contributed by atoms with Crippen molar-refractivity contribution in [1.82, 2.24) is 4.90 Å². The minimum Gasteiger partial charge on any atom is -0.461 e. The van der Waals surface area contributed by atoms with Gasteiger partial charge < -0.3 is 24.4 Å². The Balaban J connectivity index is 1.64. The summed E-state index contributed by atoms with van der Waals surface area (Å²) in [5.41, 5.74) is -0.138. The predicted octanol–water partition coefficient (Wildman–Crippen LogP) is 3.70. The van der Waals surface area contributed by atoms with Gasteiger partial charge in [0.2, 0.25) is 5.91 Å². The highest BCUT2D eigenvalue weighted by molar-refractivity contribution is 6.34. The summed E-state index contributed by atoms with van der Waals surface area (Å²) in [4.78, 5) is 45.0. The van der Waals surface area contributed by atoms with Crippen molar-refractivity contribution in [2.45, 2.75) is 36.6 Å². The molecule has 2 aromatic carbocycles. The number of hydrogen-bond donors (Lipinski definition) is 1. The lowest BCUT2D eigenvalue weighted by Gasteiger charge is -2.39. The van der Waals surface area contributed by atoms with Gasteiger partial charge >= 0.3 is 5.97 Å². The quantitative estimate of drug-likeness (QED) is 0.358. The number of fused-ring (bicyclic) bond motifs is 1. The van der Waals surface area contributed by atoms with E-state index in [-0.39, 0.29) is 13.2 Å². The lowest BCUT2D eigenvalue weighted by Crippen LogP contribution is -2.57. The molecule has 2 unspecified atom stereocenters. The molecule has 0 aliphatic carbocycles. The van der Waals surface area contributed by atoms with Crippen LogP contribution >= 0.6 is 11.6 Å². The molecule has 5 rings (SSSR count). The summed E-state index contributed by atoms with van der Waals surface area (Å²) in [6, 6.07) is 14.0. The third kappa shape index (κ3) is 4.36. The summed E-state index contributed by atoms with van der Waals surface area (Å²) in [5.74, 6) is -3.19. The van der Waals surface area contributed by atoms with E-state index in [0.29, 0.717) is 29.1 Å². The number of anilines is 1. The second-order valence-electron chi connectivity index (χ2n) is 10.0. The van der Waals surface area contributed by atoms with E-state index in [0.717, 1.165) is 0 Å². The van der Waals surface area contributed by atoms with E-state index in [2.05, 4.69) is 13.2 Å². The zero-order chi connectivity index (χ0) is 27.7. The maximum atomic E-state index is 14.6. The van der Waals surface area contributed by atoms with Crippen LogP contribution in [0.25, 0.3) is 0 Å². The monoisotopic (exact) mass is 550 g/mol. The Hall–Kier alpha value is -3.46. The largest absolute Gasteiger partial charge is 0.461 e. The lowest BCUT2D eigenvalue weighted by atomic mass is 9.70. The van der Waals surface area contributed by atoms with Crippen LogP contribution in [0.3, 0.4) is 0 Å². The SMILES string of the molecule is C=CCOC(=O)[C@@H]1[C@@H]2CCC3(O2)C(C(=O)N(CC=C)c2ccccc2Cl)N([C@H](CO)c2ccccc2)C(=O)[C@H]13. The fourth-order valence-electron chi connectivity index (χ4n) is 6.50. The van der Waals surface area contributed by atoms with Crippen molar-refractivity contribution in [2.24, 2.45) is 11.8 Å². The van der Waals surface area contributed by atoms with Crippen LogP contribution in [0.5, 0.6) is 0 Å². The second-order valence-corrected chi connectivity index (χ2v) is 10.4. The Morgan fingerprint density at radius 1 is 1.18 bits per heavy atom. The molecule has 3 heterocycles. The van der Waals surface area contributed by atoms with Crippen LogP contribution in [-0.4, -0.2) is 65.3 Å². The van der Waals surface area contributed by atoms with Gasteiger partial charge in [0, 0.05) is 6.54 Å². The van der Waals surface area contributed by atoms with Gasteiger partial charge in [-0.15, -0.1) is 6.58 Å². The summed E-state index contributed by atoms with van der Waals surface area (Å²) in [6.07, 6.45) is 3.40. The number of ether oxygens (including phenoxy) is 2. The van der Waals surface area contributed by atoms with Crippen molar-refractivity contribution < 1.29 is 29.0 Å². The van der Waals surface area contributed by atoms with Gasteiger partial charge in [-0.05, 0) is 30.5 Å². The highest BCUT2D eigenvalue weighted by Gasteiger charge is 2.75. The number of esters is 1. The standard InChI is InChI=1S/C30H31ClN2O6/c1-3-16-32(21-13-9-8-12-20(21)31)28(36)26-30-15-14-23(39-30)24(29(37)38-17-4-2)25(30)27(35)33(26)22(18-34)19-10-6-5-7-11-19/h3-13,22-26,34H,1-2,14-18H2/t22-,23+,24-,25+,26?,30?/m1/s1. The molecule has 3 fully saturated rings. The van der Waals surface area contributed by atoms with E-state index in [4.69, 9.17) is 21.1 Å². The first-order valence-electron chi connectivity index (χ1n) is 13.0. The van der Waals surface area contributed by atoms with E-state index in [1.807, 2.05) is 6.07 Å². The van der Waals surface area contributed by atoms with Gasteiger partial charge in [0.1, 0.15) is 18.2 Å². The first-order valence-corrected chi connectivity index (χ1v) is 13.4. The first kappa shape index (κ1) is 27.1. The van der Waals surface area contributed by atoms with E-state index in [1.165, 1.54) is 15.9 Å². The summed E-state index contributed by atoms with van der Waals surface area (Å²) in [6.45, 7) is 7.12. The normalized spacial score (nSPS) is 27.6. The predicted molar refractivity (Wildman–Crippen MR) is 146 cm³/mol. The molecule has 8 nitrogen and oxygen atoms in total. The number of aliphatic hydroxyl groups excluding tert-OH is 1. The van der Waals surface area contributed by atoms with Crippen LogP contribution < -0.4 is 4.90 Å². The molecule has 6 atom stereocenters. The zero-order valence-electron chi connectivity index (χ0n) is 21.4. The molecule has 1 spiro atoms. The Morgan fingerprint density at radius 3 is 2.56 bits per heavy atom. The Labute approximate surface area is 232 Å². The van der Waals surface area contributed by atoms with Gasteiger partial charge in [-0.1, -0.05) is 72.8 Å². The smallest absolute Gasteiger partial charge is 0.312 e. The number of aliphatic hydroxyl groups is 1. The van der Waals surface area contributed by atoms with Crippen molar-refractivity contribution in [3.8, 4) is 0 Å². The Kier molecular flexibility index (Phi) is 7.62. The number of likely N-dealkylation sites (tertiary alicyclic amines) is 1. The lowest BCUT2D eigenvalue weighted by molar-refractivity contribution is -0.154. The number of carbonyl (C=O) groups excluding carboxylic acids is 3. The van der Waals surface area contributed by atoms with Gasteiger partial charge in [0.15, 0.2) is 0 Å². The zero-order valence-corrected chi connectivity index (χ0v) is 22.2. The van der Waals surface area contributed by atoms with Crippen LogP contribution in [0.2, 0.25) is 5.02 Å². The van der Waals surface area contributed by atoms with Gasteiger partial charge in [0.05, 0.1) is 41.3 Å². The van der Waals surface area contributed by atoms with Crippen molar-refractivity contribution in [2.75, 3.05) is 24.7 Å². The maximum absolute atomic E-state index is 14.6. The molecule has 204 valence electrons. The average molecular weight is 551 g/mol. The molecule has 2 bridgehead atoms. The third-order valence-electron chi connectivity index (χ3n) is 8.00. The number of para-hydroxylation sites is 1. The van der Waals surface area contributed by atoms with Crippen LogP contribution in [-0.2, 0) is 23.9 Å². The van der Waals surface area contributed by atoms with Gasteiger partial charge in [-0.25, -0.2) is 0 Å². The Morgan fingerprint density at radius 2 is 1.90 bits per heavy atom. The molecule has 2 aromatic rings. The van der Waals surface area contributed by atoms with Crippen molar-refractivity contribution >= 4 is 35.1 Å². The number of halogens is 1. The molecule has 3 aliphatic rings. The van der Waals surface area contributed by atoms with Gasteiger partial charge in [-0.2, -0.15) is 0 Å². The number of benzene rings is 2. The van der Waals surface area contributed by atoms with Crippen LogP contribution in [0.15, 0.2) is 79.9 Å². The Bertz CT molecular complexity index is 1290. The molecule has 0 saturated carbocycles. The molecule has 3 saturated heterocycles. The van der Waals surface area contributed by atoms with E-state index >= 15 is 0 Å². The molecular weight excluding hydrogens is 520 g/mol. The summed E-state index contributed by atoms with van der Waals surface area (Å²) >= 11 is 6.51. The van der Waals surface area contributed by atoms with Crippen molar-refractivity contribution in [3.63, 3.8) is 0 Å². The number of rotatable bonds is 10. The van der Waals surface area contributed by atoms with Gasteiger partial charge in [-0.3, -0.25) is 14.4 Å². The number of amides is 2. The summed E-state index contributed by atoms with van der Waals surface area (Å²) in [5, 5.41) is 10.9. The van der Waals surface area contributed by atoms with Crippen LogP contribution in [0.1, 0.15) is 24.4 Å².